The molecule has 1 amide bonds. The molecule has 0 saturated heterocycles. The van der Waals surface area contributed by atoms with Crippen LogP contribution in [0.1, 0.15) is 23.6 Å². The minimum atomic E-state index is -0.00608. The highest BCUT2D eigenvalue weighted by atomic mass is 16.5. The largest absolute Gasteiger partial charge is 0.494 e. The predicted octanol–water partition coefficient (Wildman–Crippen LogP) is 3.77. The number of likely N-dealkylation sites (N-methyl/N-ethyl adjacent to an activating group) is 1. The lowest BCUT2D eigenvalue weighted by molar-refractivity contribution is -0.117. The maximum absolute atomic E-state index is 12.2. The van der Waals surface area contributed by atoms with E-state index >= 15 is 0 Å². The van der Waals surface area contributed by atoms with Gasteiger partial charge < -0.3 is 10.1 Å². The van der Waals surface area contributed by atoms with Crippen LogP contribution in [0.5, 0.6) is 5.75 Å². The van der Waals surface area contributed by atoms with Crippen molar-refractivity contribution >= 4 is 11.6 Å². The summed E-state index contributed by atoms with van der Waals surface area (Å²) in [7, 11) is 1.94. The Labute approximate surface area is 144 Å². The molecule has 2 aromatic carbocycles. The zero-order valence-corrected chi connectivity index (χ0v) is 14.9. The van der Waals surface area contributed by atoms with Gasteiger partial charge in [0.2, 0.25) is 5.91 Å². The first-order valence-electron chi connectivity index (χ1n) is 8.24. The number of benzene rings is 2. The summed E-state index contributed by atoms with van der Waals surface area (Å²) in [5, 5.41) is 2.97. The Bertz CT molecular complexity index is 660. The zero-order valence-electron chi connectivity index (χ0n) is 14.9. The van der Waals surface area contributed by atoms with Crippen LogP contribution in [0.3, 0.4) is 0 Å². The Morgan fingerprint density at radius 2 is 1.71 bits per heavy atom. The van der Waals surface area contributed by atoms with Gasteiger partial charge in [0.05, 0.1) is 13.2 Å². The highest BCUT2D eigenvalue weighted by Crippen LogP contribution is 2.15. The number of carbonyl (C=O) groups excluding carboxylic acids is 1. The van der Waals surface area contributed by atoms with Crippen LogP contribution in [0.4, 0.5) is 5.69 Å². The van der Waals surface area contributed by atoms with Crippen LogP contribution < -0.4 is 10.1 Å². The van der Waals surface area contributed by atoms with Gasteiger partial charge >= 0.3 is 0 Å². The van der Waals surface area contributed by atoms with Gasteiger partial charge in [0.15, 0.2) is 0 Å². The van der Waals surface area contributed by atoms with Crippen molar-refractivity contribution in [3.05, 3.63) is 59.2 Å². The maximum atomic E-state index is 12.2. The van der Waals surface area contributed by atoms with E-state index in [0.717, 1.165) is 28.1 Å². The number of anilines is 1. The monoisotopic (exact) mass is 326 g/mol. The van der Waals surface area contributed by atoms with Gasteiger partial charge in [-0.15, -0.1) is 0 Å². The fraction of sp³-hybridized carbons (Fsp3) is 0.350. The number of carbonyl (C=O) groups is 1. The van der Waals surface area contributed by atoms with E-state index in [1.807, 2.05) is 69.1 Å². The van der Waals surface area contributed by atoms with E-state index in [1.54, 1.807) is 0 Å². The molecule has 4 nitrogen and oxygen atoms in total. The van der Waals surface area contributed by atoms with Crippen molar-refractivity contribution in [1.82, 2.24) is 4.90 Å². The average Bonchev–Trinajstić information content (AvgIpc) is 2.48. The fourth-order valence-corrected chi connectivity index (χ4v) is 2.72. The Morgan fingerprint density at radius 1 is 1.08 bits per heavy atom. The lowest BCUT2D eigenvalue weighted by atomic mass is 10.1. The van der Waals surface area contributed by atoms with Gasteiger partial charge in [0, 0.05) is 12.2 Å². The zero-order chi connectivity index (χ0) is 17.5. The summed E-state index contributed by atoms with van der Waals surface area (Å²) < 4.78 is 5.44. The van der Waals surface area contributed by atoms with E-state index in [2.05, 4.69) is 11.4 Å². The molecular weight excluding hydrogens is 300 g/mol. The van der Waals surface area contributed by atoms with Gasteiger partial charge in [-0.3, -0.25) is 9.69 Å². The summed E-state index contributed by atoms with van der Waals surface area (Å²) in [6, 6.07) is 14.0. The van der Waals surface area contributed by atoms with Gasteiger partial charge in [0.25, 0.3) is 0 Å². The lowest BCUT2D eigenvalue weighted by Crippen LogP contribution is -2.29. The number of hydrogen-bond donors (Lipinski definition) is 1. The highest BCUT2D eigenvalue weighted by molar-refractivity contribution is 5.92. The van der Waals surface area contributed by atoms with Crippen LogP contribution in [0, 0.1) is 13.8 Å². The Kier molecular flexibility index (Phi) is 6.38. The van der Waals surface area contributed by atoms with Crippen molar-refractivity contribution in [2.24, 2.45) is 0 Å². The standard InChI is InChI=1S/C20H26N2O2/c1-5-24-19-8-6-17(7-9-19)13-22(4)14-20(23)21-18-11-15(2)10-16(3)12-18/h6-12H,5,13-14H2,1-4H3,(H,21,23). The van der Waals surface area contributed by atoms with E-state index in [4.69, 9.17) is 4.74 Å². The summed E-state index contributed by atoms with van der Waals surface area (Å²) in [4.78, 5) is 14.2. The van der Waals surface area contributed by atoms with Crippen LogP contribution in [-0.2, 0) is 11.3 Å². The van der Waals surface area contributed by atoms with Crippen molar-refractivity contribution in [3.8, 4) is 5.75 Å². The Morgan fingerprint density at radius 3 is 2.29 bits per heavy atom. The predicted molar refractivity (Wildman–Crippen MR) is 98.5 cm³/mol. The first-order chi connectivity index (χ1) is 11.5. The first-order valence-corrected chi connectivity index (χ1v) is 8.24. The van der Waals surface area contributed by atoms with Crippen LogP contribution in [0.2, 0.25) is 0 Å². The normalized spacial score (nSPS) is 10.7. The Balaban J connectivity index is 1.86. The maximum Gasteiger partial charge on any atom is 0.238 e. The van der Waals surface area contributed by atoms with E-state index < -0.39 is 0 Å². The molecule has 2 rings (SSSR count). The summed E-state index contributed by atoms with van der Waals surface area (Å²) in [6.07, 6.45) is 0. The third-order valence-corrected chi connectivity index (χ3v) is 3.61. The second kappa shape index (κ2) is 8.50. The molecule has 0 bridgehead atoms. The second-order valence-corrected chi connectivity index (χ2v) is 6.17. The molecule has 0 aliphatic rings. The van der Waals surface area contributed by atoms with Crippen molar-refractivity contribution in [3.63, 3.8) is 0 Å². The second-order valence-electron chi connectivity index (χ2n) is 6.17. The smallest absolute Gasteiger partial charge is 0.238 e. The van der Waals surface area contributed by atoms with Crippen molar-refractivity contribution in [2.75, 3.05) is 25.5 Å². The topological polar surface area (TPSA) is 41.6 Å². The van der Waals surface area contributed by atoms with Gasteiger partial charge in [-0.05, 0) is 68.8 Å². The molecule has 0 atom stereocenters. The molecule has 0 heterocycles. The van der Waals surface area contributed by atoms with Gasteiger partial charge in [-0.2, -0.15) is 0 Å². The molecule has 2 aromatic rings. The number of rotatable bonds is 7. The van der Waals surface area contributed by atoms with E-state index in [9.17, 15) is 4.79 Å². The molecule has 0 aromatic heterocycles. The third kappa shape index (κ3) is 5.70. The van der Waals surface area contributed by atoms with Crippen LogP contribution in [0.25, 0.3) is 0 Å². The van der Waals surface area contributed by atoms with Crippen molar-refractivity contribution < 1.29 is 9.53 Å². The van der Waals surface area contributed by atoms with E-state index in [-0.39, 0.29) is 5.91 Å². The van der Waals surface area contributed by atoms with E-state index in [1.165, 1.54) is 0 Å². The minimum absolute atomic E-state index is 0.00608. The quantitative estimate of drug-likeness (QED) is 0.842. The highest BCUT2D eigenvalue weighted by Gasteiger charge is 2.08. The SMILES string of the molecule is CCOc1ccc(CN(C)CC(=O)Nc2cc(C)cc(C)c2)cc1. The van der Waals surface area contributed by atoms with E-state index in [0.29, 0.717) is 19.7 Å². The molecular formula is C20H26N2O2. The minimum Gasteiger partial charge on any atom is -0.494 e. The summed E-state index contributed by atoms with van der Waals surface area (Å²) in [5.41, 5.74) is 4.30. The van der Waals surface area contributed by atoms with Crippen molar-refractivity contribution in [2.45, 2.75) is 27.3 Å². The molecule has 1 N–H and O–H groups in total. The molecule has 0 aliphatic heterocycles. The third-order valence-electron chi connectivity index (χ3n) is 3.61. The molecule has 0 aliphatic carbocycles. The number of nitrogens with one attached hydrogen (secondary N) is 1. The van der Waals surface area contributed by atoms with Gasteiger partial charge in [-0.25, -0.2) is 0 Å². The molecule has 4 heteroatoms. The Hall–Kier alpha value is -2.33. The summed E-state index contributed by atoms with van der Waals surface area (Å²) in [5.74, 6) is 0.866. The summed E-state index contributed by atoms with van der Waals surface area (Å²) >= 11 is 0. The number of hydrogen-bond acceptors (Lipinski definition) is 3. The first kappa shape index (κ1) is 18.0. The van der Waals surface area contributed by atoms with Crippen LogP contribution in [0.15, 0.2) is 42.5 Å². The molecule has 0 spiro atoms. The molecule has 0 fully saturated rings. The molecule has 0 unspecified atom stereocenters. The summed E-state index contributed by atoms with van der Waals surface area (Å²) in [6.45, 7) is 7.75. The number of ether oxygens (including phenoxy) is 1. The van der Waals surface area contributed by atoms with Crippen LogP contribution >= 0.6 is 0 Å². The number of amides is 1. The lowest BCUT2D eigenvalue weighted by Gasteiger charge is -2.17. The van der Waals surface area contributed by atoms with Crippen molar-refractivity contribution in [1.29, 1.82) is 0 Å². The van der Waals surface area contributed by atoms with Gasteiger partial charge in [-0.1, -0.05) is 18.2 Å². The fourth-order valence-electron chi connectivity index (χ4n) is 2.72. The molecule has 24 heavy (non-hydrogen) atoms. The van der Waals surface area contributed by atoms with Crippen LogP contribution in [-0.4, -0.2) is 31.0 Å². The molecule has 128 valence electrons. The average molecular weight is 326 g/mol. The number of nitrogens with zero attached hydrogens (tertiary/aromatic N) is 1. The van der Waals surface area contributed by atoms with Gasteiger partial charge in [0.1, 0.15) is 5.75 Å². The number of aryl methyl sites for hydroxylation is 2. The molecule has 0 radical (unpaired) electrons. The molecule has 0 saturated carbocycles.